The number of carbonyl (C=O) groups is 2. The Kier molecular flexibility index (Phi) is 6.41. The molecule has 4 unspecified atom stereocenters. The third kappa shape index (κ3) is 4.85. The Labute approximate surface area is 217 Å². The van der Waals surface area contributed by atoms with E-state index in [1.807, 2.05) is 36.4 Å². The van der Waals surface area contributed by atoms with Crippen molar-refractivity contribution in [3.8, 4) is 5.75 Å². The van der Waals surface area contributed by atoms with E-state index in [-0.39, 0.29) is 24.5 Å². The van der Waals surface area contributed by atoms with Crippen LogP contribution >= 0.6 is 0 Å². The van der Waals surface area contributed by atoms with Crippen LogP contribution in [0.15, 0.2) is 71.8 Å². The fraction of sp³-hybridized carbons (Fsp3) is 0.387. The van der Waals surface area contributed by atoms with Crippen LogP contribution in [0.2, 0.25) is 0 Å². The molecule has 0 N–H and O–H groups in total. The zero-order chi connectivity index (χ0) is 25.4. The van der Waals surface area contributed by atoms with Crippen LogP contribution < -0.4 is 4.74 Å². The summed E-state index contributed by atoms with van der Waals surface area (Å²) in [5.41, 5.74) is 2.79. The van der Waals surface area contributed by atoms with Gasteiger partial charge >= 0.3 is 5.97 Å². The summed E-state index contributed by atoms with van der Waals surface area (Å²) in [7, 11) is 1.63. The molecule has 0 spiro atoms. The molecule has 3 aliphatic rings. The molecule has 190 valence electrons. The minimum atomic E-state index is -0.308. The highest BCUT2D eigenvalue weighted by Gasteiger charge is 2.40. The number of methoxy groups -OCH3 is 1. The minimum Gasteiger partial charge on any atom is -0.497 e. The summed E-state index contributed by atoms with van der Waals surface area (Å²) < 4.78 is 10.8. The fourth-order valence-electron chi connectivity index (χ4n) is 6.48. The maximum absolute atomic E-state index is 13.3. The van der Waals surface area contributed by atoms with E-state index >= 15 is 0 Å². The molecule has 3 aromatic rings. The van der Waals surface area contributed by atoms with Gasteiger partial charge in [-0.1, -0.05) is 55.0 Å². The zero-order valence-electron chi connectivity index (χ0n) is 21.1. The summed E-state index contributed by atoms with van der Waals surface area (Å²) in [5.74, 6) is 2.02. The number of fused-ring (bicyclic) bond motifs is 3. The first-order chi connectivity index (χ1) is 18.1. The van der Waals surface area contributed by atoms with Gasteiger partial charge in [0.1, 0.15) is 5.75 Å². The summed E-state index contributed by atoms with van der Waals surface area (Å²) in [6, 6.07) is 21.9. The summed E-state index contributed by atoms with van der Waals surface area (Å²) in [5, 5.41) is 8.54. The Hall–Kier alpha value is -3.67. The van der Waals surface area contributed by atoms with E-state index in [2.05, 4.69) is 30.3 Å². The van der Waals surface area contributed by atoms with Crippen molar-refractivity contribution in [3.63, 3.8) is 0 Å². The number of carbonyl (C=O) groups excluding carboxylic acids is 2. The third-order valence-corrected chi connectivity index (χ3v) is 8.42. The minimum absolute atomic E-state index is 0.273. The number of rotatable bonds is 7. The Morgan fingerprint density at radius 3 is 2.51 bits per heavy atom. The second kappa shape index (κ2) is 10.0. The van der Waals surface area contributed by atoms with Crippen molar-refractivity contribution in [2.45, 2.75) is 44.6 Å². The van der Waals surface area contributed by atoms with Crippen LogP contribution in [0, 0.1) is 17.8 Å². The molecular weight excluding hydrogens is 464 g/mol. The van der Waals surface area contributed by atoms with Gasteiger partial charge in [-0.05, 0) is 77.1 Å². The monoisotopic (exact) mass is 496 g/mol. The van der Waals surface area contributed by atoms with Crippen LogP contribution in [-0.4, -0.2) is 36.3 Å². The topological polar surface area (TPSA) is 68.2 Å². The molecule has 2 saturated carbocycles. The highest BCUT2D eigenvalue weighted by Crippen LogP contribution is 2.49. The van der Waals surface area contributed by atoms with Crippen molar-refractivity contribution >= 4 is 28.4 Å². The van der Waals surface area contributed by atoms with Gasteiger partial charge in [0.15, 0.2) is 6.61 Å². The molecule has 6 nitrogen and oxygen atoms in total. The first-order valence-corrected chi connectivity index (χ1v) is 13.3. The van der Waals surface area contributed by atoms with E-state index in [1.165, 1.54) is 24.3 Å². The van der Waals surface area contributed by atoms with Crippen molar-refractivity contribution in [1.82, 2.24) is 5.01 Å². The molecule has 1 heterocycles. The molecule has 0 saturated heterocycles. The van der Waals surface area contributed by atoms with Crippen molar-refractivity contribution in [1.29, 1.82) is 0 Å². The largest absolute Gasteiger partial charge is 0.497 e. The predicted octanol–water partition coefficient (Wildman–Crippen LogP) is 5.90. The Balaban J connectivity index is 1.19. The number of nitrogens with zero attached hydrogens (tertiary/aromatic N) is 2. The van der Waals surface area contributed by atoms with Crippen molar-refractivity contribution in [2.24, 2.45) is 22.9 Å². The second-order valence-electron chi connectivity index (χ2n) is 10.6. The Morgan fingerprint density at radius 2 is 1.78 bits per heavy atom. The second-order valence-corrected chi connectivity index (χ2v) is 10.6. The summed E-state index contributed by atoms with van der Waals surface area (Å²) in [4.78, 5) is 25.9. The van der Waals surface area contributed by atoms with Crippen LogP contribution in [-0.2, 0) is 14.3 Å². The Bertz CT molecular complexity index is 1350. The number of hydrogen-bond donors (Lipinski definition) is 0. The van der Waals surface area contributed by atoms with Gasteiger partial charge in [-0.15, -0.1) is 0 Å². The molecule has 0 aromatic heterocycles. The van der Waals surface area contributed by atoms with E-state index in [0.29, 0.717) is 24.7 Å². The van der Waals surface area contributed by atoms with Gasteiger partial charge in [-0.2, -0.15) is 5.10 Å². The molecule has 37 heavy (non-hydrogen) atoms. The Morgan fingerprint density at radius 1 is 0.973 bits per heavy atom. The SMILES string of the molecule is COc1ccc(C2CC(c3ccc4ccccc4c3)=NN2C(=O)COC(=O)CC2CC3CCC2C3)cc1. The molecule has 2 fully saturated rings. The number of esters is 1. The number of hydrogen-bond acceptors (Lipinski definition) is 5. The quantitative estimate of drug-likeness (QED) is 0.382. The molecule has 0 radical (unpaired) electrons. The predicted molar refractivity (Wildman–Crippen MR) is 142 cm³/mol. The molecular formula is C31H32N2O4. The number of ether oxygens (including phenoxy) is 2. The maximum Gasteiger partial charge on any atom is 0.306 e. The standard InChI is InChI=1S/C31H32N2O4/c1-36-27-12-10-22(11-13-27)29-18-28(25-9-8-21-4-2-3-5-23(21)16-25)32-33(29)30(34)19-37-31(35)17-26-15-20-6-7-24(26)14-20/h2-5,8-13,16,20,24,26,29H,6-7,14-15,17-19H2,1H3. The van der Waals surface area contributed by atoms with Gasteiger partial charge < -0.3 is 9.47 Å². The van der Waals surface area contributed by atoms with Crippen LogP contribution in [0.25, 0.3) is 10.8 Å². The van der Waals surface area contributed by atoms with Gasteiger partial charge in [0.05, 0.1) is 18.9 Å². The lowest BCUT2D eigenvalue weighted by Crippen LogP contribution is -2.31. The van der Waals surface area contributed by atoms with Gasteiger partial charge in [0, 0.05) is 12.8 Å². The van der Waals surface area contributed by atoms with E-state index in [1.54, 1.807) is 7.11 Å². The smallest absolute Gasteiger partial charge is 0.306 e. The normalized spacial score (nSPS) is 24.4. The lowest BCUT2D eigenvalue weighted by Gasteiger charge is -2.23. The fourth-order valence-corrected chi connectivity index (χ4v) is 6.48. The van der Waals surface area contributed by atoms with Crippen molar-refractivity contribution in [3.05, 3.63) is 77.9 Å². The molecule has 1 amide bonds. The van der Waals surface area contributed by atoms with E-state index in [4.69, 9.17) is 14.6 Å². The molecule has 6 heteroatoms. The van der Waals surface area contributed by atoms with Crippen LogP contribution in [0.3, 0.4) is 0 Å². The van der Waals surface area contributed by atoms with Gasteiger partial charge in [0.2, 0.25) is 0 Å². The molecule has 3 aromatic carbocycles. The molecule has 2 aliphatic carbocycles. The molecule has 1 aliphatic heterocycles. The maximum atomic E-state index is 13.3. The number of amides is 1. The molecule has 6 rings (SSSR count). The van der Waals surface area contributed by atoms with Crippen LogP contribution in [0.4, 0.5) is 0 Å². The first-order valence-electron chi connectivity index (χ1n) is 13.3. The van der Waals surface area contributed by atoms with Crippen molar-refractivity contribution < 1.29 is 19.1 Å². The van der Waals surface area contributed by atoms with E-state index < -0.39 is 0 Å². The highest BCUT2D eigenvalue weighted by molar-refractivity contribution is 6.05. The summed E-state index contributed by atoms with van der Waals surface area (Å²) in [6.07, 6.45) is 5.90. The summed E-state index contributed by atoms with van der Waals surface area (Å²) in [6.45, 7) is -0.291. The van der Waals surface area contributed by atoms with Gasteiger partial charge in [0.25, 0.3) is 5.91 Å². The number of benzene rings is 3. The van der Waals surface area contributed by atoms with Gasteiger partial charge in [-0.3, -0.25) is 9.59 Å². The number of hydrazone groups is 1. The third-order valence-electron chi connectivity index (χ3n) is 8.42. The van der Waals surface area contributed by atoms with E-state index in [0.717, 1.165) is 45.7 Å². The zero-order valence-corrected chi connectivity index (χ0v) is 21.1. The molecule has 2 bridgehead atoms. The average molecular weight is 497 g/mol. The van der Waals surface area contributed by atoms with Crippen LogP contribution in [0.1, 0.15) is 55.7 Å². The lowest BCUT2D eigenvalue weighted by atomic mass is 9.86. The lowest BCUT2D eigenvalue weighted by molar-refractivity contribution is -0.153. The summed E-state index contributed by atoms with van der Waals surface area (Å²) >= 11 is 0. The van der Waals surface area contributed by atoms with Crippen molar-refractivity contribution in [2.75, 3.05) is 13.7 Å². The van der Waals surface area contributed by atoms with Crippen LogP contribution in [0.5, 0.6) is 5.75 Å². The highest BCUT2D eigenvalue weighted by atomic mass is 16.5. The van der Waals surface area contributed by atoms with Gasteiger partial charge in [-0.25, -0.2) is 5.01 Å². The van der Waals surface area contributed by atoms with E-state index in [9.17, 15) is 9.59 Å². The average Bonchev–Trinajstić information content (AvgIpc) is 3.68. The first kappa shape index (κ1) is 23.7. The molecule has 4 atom stereocenters.